The van der Waals surface area contributed by atoms with Crippen LogP contribution >= 0.6 is 0 Å². The molecule has 0 aliphatic heterocycles. The predicted octanol–water partition coefficient (Wildman–Crippen LogP) is 6.15. The average Bonchev–Trinajstić information content (AvgIpc) is 2.77. The van der Waals surface area contributed by atoms with Crippen molar-refractivity contribution < 1.29 is 9.53 Å². The summed E-state index contributed by atoms with van der Waals surface area (Å²) in [5.41, 5.74) is 4.86. The van der Waals surface area contributed by atoms with Crippen LogP contribution in [-0.4, -0.2) is 12.5 Å². The maximum atomic E-state index is 12.7. The number of aryl methyl sites for hydroxylation is 1. The van der Waals surface area contributed by atoms with E-state index in [4.69, 9.17) is 4.74 Å². The van der Waals surface area contributed by atoms with Gasteiger partial charge in [-0.3, -0.25) is 4.79 Å². The number of nitrogens with one attached hydrogen (secondary N) is 2. The minimum absolute atomic E-state index is 0.123. The molecule has 3 aromatic carbocycles. The molecule has 0 heterocycles. The van der Waals surface area contributed by atoms with E-state index >= 15 is 0 Å². The molecule has 0 saturated heterocycles. The molecule has 0 saturated carbocycles. The van der Waals surface area contributed by atoms with E-state index in [0.717, 1.165) is 29.1 Å². The van der Waals surface area contributed by atoms with Crippen LogP contribution in [0.4, 0.5) is 11.4 Å². The maximum absolute atomic E-state index is 12.7. The second-order valence-electron chi connectivity index (χ2n) is 7.75. The largest absolute Gasteiger partial charge is 0.493 e. The molecule has 0 radical (unpaired) electrons. The Morgan fingerprint density at radius 1 is 0.967 bits per heavy atom. The fourth-order valence-corrected chi connectivity index (χ4v) is 3.12. The van der Waals surface area contributed by atoms with Crippen molar-refractivity contribution in [3.05, 3.63) is 89.5 Å². The predicted molar refractivity (Wildman–Crippen MR) is 124 cm³/mol. The van der Waals surface area contributed by atoms with Crippen molar-refractivity contribution >= 4 is 17.3 Å². The Hall–Kier alpha value is -3.27. The van der Waals surface area contributed by atoms with Gasteiger partial charge in [0.1, 0.15) is 5.75 Å². The summed E-state index contributed by atoms with van der Waals surface area (Å²) < 4.78 is 5.69. The minimum atomic E-state index is -0.123. The van der Waals surface area contributed by atoms with Crippen LogP contribution in [0, 0.1) is 5.92 Å². The topological polar surface area (TPSA) is 50.4 Å². The van der Waals surface area contributed by atoms with Gasteiger partial charge in [-0.05, 0) is 65.9 Å². The number of hydrogen-bond acceptors (Lipinski definition) is 3. The lowest BCUT2D eigenvalue weighted by Crippen LogP contribution is -2.12. The first kappa shape index (κ1) is 21.4. The lowest BCUT2D eigenvalue weighted by Gasteiger charge is -2.12. The third-order valence-corrected chi connectivity index (χ3v) is 4.77. The molecular formula is C26H30N2O2. The molecule has 156 valence electrons. The monoisotopic (exact) mass is 402 g/mol. The highest BCUT2D eigenvalue weighted by Gasteiger charge is 2.08. The number of ether oxygens (including phenoxy) is 1. The van der Waals surface area contributed by atoms with Crippen LogP contribution < -0.4 is 15.4 Å². The Balaban J connectivity index is 1.60. The van der Waals surface area contributed by atoms with Crippen molar-refractivity contribution in [2.45, 2.75) is 33.7 Å². The van der Waals surface area contributed by atoms with E-state index < -0.39 is 0 Å². The summed E-state index contributed by atoms with van der Waals surface area (Å²) in [6.45, 7) is 7.71. The van der Waals surface area contributed by atoms with E-state index in [9.17, 15) is 4.79 Å². The summed E-state index contributed by atoms with van der Waals surface area (Å²) in [7, 11) is 0. The first-order valence-electron chi connectivity index (χ1n) is 10.5. The van der Waals surface area contributed by atoms with Gasteiger partial charge in [0.2, 0.25) is 0 Å². The molecule has 0 spiro atoms. The Labute approximate surface area is 179 Å². The third-order valence-electron chi connectivity index (χ3n) is 4.77. The number of benzene rings is 3. The molecule has 2 N–H and O–H groups in total. The minimum Gasteiger partial charge on any atom is -0.493 e. The van der Waals surface area contributed by atoms with Crippen LogP contribution in [0.5, 0.6) is 5.75 Å². The molecule has 1 amide bonds. The molecule has 3 aromatic rings. The standard InChI is InChI=1S/C26H30N2O2/c1-4-21-9-5-6-11-25(21)27-17-20-8-7-10-22(16-20)26(29)28-23-12-14-24(15-13-23)30-18-19(2)3/h5-16,19,27H,4,17-18H2,1-3H3,(H,28,29). The zero-order valence-electron chi connectivity index (χ0n) is 17.9. The quantitative estimate of drug-likeness (QED) is 0.451. The number of hydrogen-bond donors (Lipinski definition) is 2. The van der Waals surface area contributed by atoms with Crippen molar-refractivity contribution in [1.82, 2.24) is 0 Å². The molecule has 0 aromatic heterocycles. The van der Waals surface area contributed by atoms with Crippen LogP contribution in [0.1, 0.15) is 42.3 Å². The van der Waals surface area contributed by atoms with Crippen molar-refractivity contribution in [2.24, 2.45) is 5.92 Å². The van der Waals surface area contributed by atoms with Gasteiger partial charge in [-0.15, -0.1) is 0 Å². The molecule has 0 aliphatic rings. The van der Waals surface area contributed by atoms with Crippen molar-refractivity contribution in [3.63, 3.8) is 0 Å². The zero-order valence-corrected chi connectivity index (χ0v) is 17.9. The Morgan fingerprint density at radius 2 is 1.73 bits per heavy atom. The Morgan fingerprint density at radius 3 is 2.47 bits per heavy atom. The average molecular weight is 403 g/mol. The van der Waals surface area contributed by atoms with E-state index in [1.165, 1.54) is 5.56 Å². The van der Waals surface area contributed by atoms with Gasteiger partial charge < -0.3 is 15.4 Å². The van der Waals surface area contributed by atoms with Crippen molar-refractivity contribution in [3.8, 4) is 5.75 Å². The first-order valence-corrected chi connectivity index (χ1v) is 10.5. The second kappa shape index (κ2) is 10.5. The summed E-state index contributed by atoms with van der Waals surface area (Å²) in [5, 5.41) is 6.43. The third kappa shape index (κ3) is 6.11. The first-order chi connectivity index (χ1) is 14.5. The Kier molecular flexibility index (Phi) is 7.50. The molecular weight excluding hydrogens is 372 g/mol. The summed E-state index contributed by atoms with van der Waals surface area (Å²) in [5.74, 6) is 1.16. The van der Waals surface area contributed by atoms with Crippen LogP contribution in [0.3, 0.4) is 0 Å². The highest BCUT2D eigenvalue weighted by atomic mass is 16.5. The molecule has 0 fully saturated rings. The Bertz CT molecular complexity index is 965. The smallest absolute Gasteiger partial charge is 0.255 e. The van der Waals surface area contributed by atoms with Gasteiger partial charge in [0.05, 0.1) is 6.61 Å². The second-order valence-corrected chi connectivity index (χ2v) is 7.75. The molecule has 0 bridgehead atoms. The van der Waals surface area contributed by atoms with E-state index in [1.807, 2.05) is 54.6 Å². The van der Waals surface area contributed by atoms with Crippen molar-refractivity contribution in [2.75, 3.05) is 17.2 Å². The van der Waals surface area contributed by atoms with Crippen LogP contribution in [-0.2, 0) is 13.0 Å². The highest BCUT2D eigenvalue weighted by molar-refractivity contribution is 6.04. The highest BCUT2D eigenvalue weighted by Crippen LogP contribution is 2.19. The van der Waals surface area contributed by atoms with E-state index in [1.54, 1.807) is 0 Å². The molecule has 30 heavy (non-hydrogen) atoms. The van der Waals surface area contributed by atoms with Gasteiger partial charge in [0.15, 0.2) is 0 Å². The summed E-state index contributed by atoms with van der Waals surface area (Å²) >= 11 is 0. The lowest BCUT2D eigenvalue weighted by molar-refractivity contribution is 0.102. The van der Waals surface area contributed by atoms with Gasteiger partial charge in [-0.1, -0.05) is 51.1 Å². The fraction of sp³-hybridized carbons (Fsp3) is 0.269. The molecule has 0 unspecified atom stereocenters. The molecule has 0 atom stereocenters. The van der Waals surface area contributed by atoms with Crippen LogP contribution in [0.15, 0.2) is 72.8 Å². The summed E-state index contributed by atoms with van der Waals surface area (Å²) in [4.78, 5) is 12.7. The van der Waals surface area contributed by atoms with Crippen LogP contribution in [0.25, 0.3) is 0 Å². The number of anilines is 2. The number of carbonyl (C=O) groups excluding carboxylic acids is 1. The number of amides is 1. The van der Waals surface area contributed by atoms with E-state index in [0.29, 0.717) is 24.6 Å². The SMILES string of the molecule is CCc1ccccc1NCc1cccc(C(=O)Nc2ccc(OCC(C)C)cc2)c1. The van der Waals surface area contributed by atoms with E-state index in [2.05, 4.69) is 49.6 Å². The van der Waals surface area contributed by atoms with Gasteiger partial charge in [-0.2, -0.15) is 0 Å². The van der Waals surface area contributed by atoms with Gasteiger partial charge in [0.25, 0.3) is 5.91 Å². The van der Waals surface area contributed by atoms with Crippen LogP contribution in [0.2, 0.25) is 0 Å². The number of rotatable bonds is 9. The number of para-hydroxylation sites is 1. The van der Waals surface area contributed by atoms with Crippen molar-refractivity contribution in [1.29, 1.82) is 0 Å². The fourth-order valence-electron chi connectivity index (χ4n) is 3.12. The van der Waals surface area contributed by atoms with E-state index in [-0.39, 0.29) is 5.91 Å². The molecule has 4 heteroatoms. The normalized spacial score (nSPS) is 10.7. The molecule has 0 aliphatic carbocycles. The lowest BCUT2D eigenvalue weighted by atomic mass is 10.1. The number of carbonyl (C=O) groups is 1. The van der Waals surface area contributed by atoms with Gasteiger partial charge in [-0.25, -0.2) is 0 Å². The maximum Gasteiger partial charge on any atom is 0.255 e. The zero-order chi connectivity index (χ0) is 21.3. The molecule has 3 rings (SSSR count). The summed E-state index contributed by atoms with van der Waals surface area (Å²) in [6.07, 6.45) is 0.979. The van der Waals surface area contributed by atoms with Gasteiger partial charge >= 0.3 is 0 Å². The van der Waals surface area contributed by atoms with Gasteiger partial charge in [0, 0.05) is 23.5 Å². The summed E-state index contributed by atoms with van der Waals surface area (Å²) in [6, 6.07) is 23.5. The molecule has 4 nitrogen and oxygen atoms in total.